The van der Waals surface area contributed by atoms with Crippen LogP contribution in [-0.4, -0.2) is 22.0 Å². The van der Waals surface area contributed by atoms with Gasteiger partial charge in [-0.05, 0) is 20.3 Å². The molecule has 0 radical (unpaired) electrons. The van der Waals surface area contributed by atoms with Crippen molar-refractivity contribution in [3.8, 4) is 0 Å². The smallest absolute Gasteiger partial charge is 0.239 e. The van der Waals surface area contributed by atoms with Gasteiger partial charge in [-0.3, -0.25) is 4.79 Å². The molecule has 4 nitrogen and oxygen atoms in total. The van der Waals surface area contributed by atoms with Crippen molar-refractivity contribution in [2.45, 2.75) is 40.2 Å². The molecular weight excluding hydrogens is 190 g/mol. The lowest BCUT2D eigenvalue weighted by Crippen LogP contribution is -2.28. The molecule has 1 aromatic rings. The molecule has 84 valence electrons. The highest BCUT2D eigenvalue weighted by Gasteiger charge is 2.06. The maximum Gasteiger partial charge on any atom is 0.239 e. The average molecular weight is 209 g/mol. The summed E-state index contributed by atoms with van der Waals surface area (Å²) in [6.07, 6.45) is 3.85. The number of hydrogen-bond donors (Lipinski definition) is 1. The molecule has 1 heterocycles. The molecule has 0 saturated carbocycles. The summed E-state index contributed by atoms with van der Waals surface area (Å²) >= 11 is 0. The van der Waals surface area contributed by atoms with Crippen LogP contribution >= 0.6 is 0 Å². The monoisotopic (exact) mass is 209 g/mol. The molecule has 0 aliphatic carbocycles. The normalized spacial score (nSPS) is 10.3. The third-order valence-corrected chi connectivity index (χ3v) is 2.51. The quantitative estimate of drug-likeness (QED) is 0.745. The van der Waals surface area contributed by atoms with E-state index in [0.29, 0.717) is 6.54 Å². The molecule has 4 heteroatoms. The minimum absolute atomic E-state index is 0.0592. The summed E-state index contributed by atoms with van der Waals surface area (Å²) in [6.45, 7) is 7.16. The standard InChI is InChI=1S/C11H19N3O/c1-4-5-6-12-11(15)7-14-8-13-9(2)10(14)3/h8H,4-7H2,1-3H3,(H,12,15). The van der Waals surface area contributed by atoms with E-state index in [0.717, 1.165) is 30.8 Å². The van der Waals surface area contributed by atoms with Crippen molar-refractivity contribution in [1.82, 2.24) is 14.9 Å². The Labute approximate surface area is 90.7 Å². The highest BCUT2D eigenvalue weighted by molar-refractivity contribution is 5.75. The number of aryl methyl sites for hydroxylation is 1. The van der Waals surface area contributed by atoms with Crippen LogP contribution in [0.1, 0.15) is 31.2 Å². The first-order chi connectivity index (χ1) is 7.15. The van der Waals surface area contributed by atoms with Crippen LogP contribution < -0.4 is 5.32 Å². The Kier molecular flexibility index (Phi) is 4.34. The van der Waals surface area contributed by atoms with Crippen molar-refractivity contribution < 1.29 is 4.79 Å². The fourth-order valence-electron chi connectivity index (χ4n) is 1.32. The largest absolute Gasteiger partial charge is 0.355 e. The van der Waals surface area contributed by atoms with Gasteiger partial charge in [0.05, 0.1) is 12.0 Å². The zero-order valence-electron chi connectivity index (χ0n) is 9.71. The number of aromatic nitrogens is 2. The van der Waals surface area contributed by atoms with Gasteiger partial charge in [-0.25, -0.2) is 4.98 Å². The predicted molar refractivity (Wildman–Crippen MR) is 59.6 cm³/mol. The van der Waals surface area contributed by atoms with Crippen LogP contribution in [0.15, 0.2) is 6.33 Å². The molecule has 1 aromatic heterocycles. The zero-order valence-corrected chi connectivity index (χ0v) is 9.71. The second-order valence-corrected chi connectivity index (χ2v) is 3.75. The van der Waals surface area contributed by atoms with E-state index in [1.165, 1.54) is 0 Å². The second-order valence-electron chi connectivity index (χ2n) is 3.75. The fraction of sp³-hybridized carbons (Fsp3) is 0.636. The Morgan fingerprint density at radius 1 is 1.53 bits per heavy atom. The summed E-state index contributed by atoms with van der Waals surface area (Å²) in [7, 11) is 0. The highest BCUT2D eigenvalue weighted by atomic mass is 16.1. The summed E-state index contributed by atoms with van der Waals surface area (Å²) in [5.41, 5.74) is 2.04. The van der Waals surface area contributed by atoms with Gasteiger partial charge < -0.3 is 9.88 Å². The molecule has 0 aromatic carbocycles. The molecule has 0 aliphatic heterocycles. The number of carbonyl (C=O) groups excluding carboxylic acids is 1. The third kappa shape index (κ3) is 3.38. The van der Waals surface area contributed by atoms with Gasteiger partial charge in [0.25, 0.3) is 0 Å². The van der Waals surface area contributed by atoms with Crippen LogP contribution in [0.25, 0.3) is 0 Å². The first kappa shape index (κ1) is 11.8. The van der Waals surface area contributed by atoms with Gasteiger partial charge in [0, 0.05) is 12.2 Å². The molecule has 1 amide bonds. The van der Waals surface area contributed by atoms with Gasteiger partial charge in [0.15, 0.2) is 0 Å². The number of amides is 1. The summed E-state index contributed by atoms with van der Waals surface area (Å²) in [5.74, 6) is 0.0592. The molecule has 0 aliphatic rings. The van der Waals surface area contributed by atoms with Gasteiger partial charge >= 0.3 is 0 Å². The van der Waals surface area contributed by atoms with Crippen molar-refractivity contribution in [2.24, 2.45) is 0 Å². The molecule has 0 atom stereocenters. The van der Waals surface area contributed by atoms with Crippen LogP contribution in [0.4, 0.5) is 0 Å². The SMILES string of the molecule is CCCCNC(=O)Cn1cnc(C)c1C. The van der Waals surface area contributed by atoms with Gasteiger partial charge in [-0.1, -0.05) is 13.3 Å². The number of carbonyl (C=O) groups is 1. The summed E-state index contributed by atoms with van der Waals surface area (Å²) in [5, 5.41) is 2.88. The fourth-order valence-corrected chi connectivity index (χ4v) is 1.32. The lowest BCUT2D eigenvalue weighted by molar-refractivity contribution is -0.121. The Morgan fingerprint density at radius 3 is 2.80 bits per heavy atom. The van der Waals surface area contributed by atoms with Crippen molar-refractivity contribution >= 4 is 5.91 Å². The summed E-state index contributed by atoms with van der Waals surface area (Å²) in [4.78, 5) is 15.6. The minimum atomic E-state index is 0.0592. The first-order valence-electron chi connectivity index (χ1n) is 5.40. The summed E-state index contributed by atoms with van der Waals surface area (Å²) < 4.78 is 1.87. The van der Waals surface area contributed by atoms with Crippen molar-refractivity contribution in [1.29, 1.82) is 0 Å². The molecule has 0 bridgehead atoms. The summed E-state index contributed by atoms with van der Waals surface area (Å²) in [6, 6.07) is 0. The van der Waals surface area contributed by atoms with Gasteiger partial charge in [0.1, 0.15) is 6.54 Å². The van der Waals surface area contributed by atoms with Crippen LogP contribution in [0, 0.1) is 13.8 Å². The number of imidazole rings is 1. The molecule has 0 saturated heterocycles. The van der Waals surface area contributed by atoms with E-state index >= 15 is 0 Å². The van der Waals surface area contributed by atoms with E-state index in [4.69, 9.17) is 0 Å². The molecule has 1 N–H and O–H groups in total. The van der Waals surface area contributed by atoms with E-state index in [-0.39, 0.29) is 5.91 Å². The minimum Gasteiger partial charge on any atom is -0.355 e. The van der Waals surface area contributed by atoms with E-state index in [1.807, 2.05) is 18.4 Å². The highest BCUT2D eigenvalue weighted by Crippen LogP contribution is 2.03. The van der Waals surface area contributed by atoms with Gasteiger partial charge in [0.2, 0.25) is 5.91 Å². The Bertz CT molecular complexity index is 331. The van der Waals surface area contributed by atoms with Crippen molar-refractivity contribution in [2.75, 3.05) is 6.54 Å². The molecule has 0 unspecified atom stereocenters. The number of hydrogen-bond acceptors (Lipinski definition) is 2. The van der Waals surface area contributed by atoms with E-state index in [2.05, 4.69) is 17.2 Å². The van der Waals surface area contributed by atoms with Crippen LogP contribution in [0.2, 0.25) is 0 Å². The topological polar surface area (TPSA) is 46.9 Å². The van der Waals surface area contributed by atoms with Crippen LogP contribution in [0.3, 0.4) is 0 Å². The number of unbranched alkanes of at least 4 members (excludes halogenated alkanes) is 1. The van der Waals surface area contributed by atoms with Crippen LogP contribution in [-0.2, 0) is 11.3 Å². The molecular formula is C11H19N3O. The van der Waals surface area contributed by atoms with E-state index in [1.54, 1.807) is 6.33 Å². The lowest BCUT2D eigenvalue weighted by Gasteiger charge is -2.06. The predicted octanol–water partition coefficient (Wildman–Crippen LogP) is 1.42. The molecule has 0 spiro atoms. The third-order valence-electron chi connectivity index (χ3n) is 2.51. The Hall–Kier alpha value is -1.32. The number of nitrogens with one attached hydrogen (secondary N) is 1. The zero-order chi connectivity index (χ0) is 11.3. The van der Waals surface area contributed by atoms with E-state index in [9.17, 15) is 4.79 Å². The number of rotatable bonds is 5. The van der Waals surface area contributed by atoms with Crippen molar-refractivity contribution in [3.05, 3.63) is 17.7 Å². The molecule has 1 rings (SSSR count). The average Bonchev–Trinajstić information content (AvgIpc) is 2.50. The second kappa shape index (κ2) is 5.53. The molecule has 15 heavy (non-hydrogen) atoms. The maximum atomic E-state index is 11.5. The Balaban J connectivity index is 2.41. The maximum absolute atomic E-state index is 11.5. The van der Waals surface area contributed by atoms with E-state index < -0.39 is 0 Å². The van der Waals surface area contributed by atoms with Gasteiger partial charge in [-0.15, -0.1) is 0 Å². The van der Waals surface area contributed by atoms with Gasteiger partial charge in [-0.2, -0.15) is 0 Å². The first-order valence-corrected chi connectivity index (χ1v) is 5.40. The lowest BCUT2D eigenvalue weighted by atomic mass is 10.3. The van der Waals surface area contributed by atoms with Crippen molar-refractivity contribution in [3.63, 3.8) is 0 Å². The van der Waals surface area contributed by atoms with Crippen LogP contribution in [0.5, 0.6) is 0 Å². The molecule has 0 fully saturated rings. The number of nitrogens with zero attached hydrogens (tertiary/aromatic N) is 2. The Morgan fingerprint density at radius 2 is 2.27 bits per heavy atom.